The van der Waals surface area contributed by atoms with Gasteiger partial charge in [0, 0.05) is 24.9 Å². The average molecular weight is 303 g/mol. The van der Waals surface area contributed by atoms with Gasteiger partial charge in [-0.25, -0.2) is 4.79 Å². The third kappa shape index (κ3) is 3.70. The molecule has 0 fully saturated rings. The second-order valence-electron chi connectivity index (χ2n) is 4.82. The van der Waals surface area contributed by atoms with Crippen LogP contribution in [0.25, 0.3) is 0 Å². The maximum Gasteiger partial charge on any atom is 0.335 e. The minimum absolute atomic E-state index is 0.0607. The molecule has 0 radical (unpaired) electrons. The molecule has 1 atom stereocenters. The maximum absolute atomic E-state index is 12.1. The van der Waals surface area contributed by atoms with Crippen LogP contribution in [-0.4, -0.2) is 40.5 Å². The van der Waals surface area contributed by atoms with Gasteiger partial charge in [0.1, 0.15) is 0 Å². The molecule has 0 saturated heterocycles. The van der Waals surface area contributed by atoms with Crippen molar-refractivity contribution in [3.63, 3.8) is 0 Å². The van der Waals surface area contributed by atoms with Crippen LogP contribution >= 0.6 is 0 Å². The Bertz CT molecular complexity index is 664. The highest BCUT2D eigenvalue weighted by Gasteiger charge is 2.11. The third-order valence-corrected chi connectivity index (χ3v) is 3.10. The topological polar surface area (TPSA) is 93.5 Å². The largest absolute Gasteiger partial charge is 0.478 e. The van der Waals surface area contributed by atoms with Crippen molar-refractivity contribution in [2.24, 2.45) is 0 Å². The summed E-state index contributed by atoms with van der Waals surface area (Å²) in [6, 6.07) is 7.44. The second kappa shape index (κ2) is 6.86. The molecule has 7 heteroatoms. The minimum atomic E-state index is -1.03. The third-order valence-electron chi connectivity index (χ3n) is 3.10. The van der Waals surface area contributed by atoms with E-state index in [1.165, 1.54) is 24.3 Å². The van der Waals surface area contributed by atoms with Crippen LogP contribution in [0.1, 0.15) is 33.7 Å². The molecule has 116 valence electrons. The van der Waals surface area contributed by atoms with E-state index >= 15 is 0 Å². The van der Waals surface area contributed by atoms with Crippen LogP contribution in [0.15, 0.2) is 36.5 Å². The number of nitrogens with zero attached hydrogens (tertiary/aromatic N) is 2. The summed E-state index contributed by atoms with van der Waals surface area (Å²) in [4.78, 5) is 22.8. The van der Waals surface area contributed by atoms with E-state index in [1.54, 1.807) is 24.1 Å². The first-order chi connectivity index (χ1) is 10.5. The Morgan fingerprint density at radius 3 is 2.50 bits per heavy atom. The number of carboxylic acids is 1. The molecule has 0 aliphatic rings. The highest BCUT2D eigenvalue weighted by atomic mass is 16.5. The lowest BCUT2D eigenvalue weighted by atomic mass is 10.1. The van der Waals surface area contributed by atoms with E-state index in [9.17, 15) is 9.59 Å². The van der Waals surface area contributed by atoms with Crippen molar-refractivity contribution in [1.29, 1.82) is 0 Å². The van der Waals surface area contributed by atoms with E-state index in [-0.39, 0.29) is 17.5 Å². The van der Waals surface area contributed by atoms with E-state index in [1.807, 2.05) is 6.92 Å². The summed E-state index contributed by atoms with van der Waals surface area (Å²) in [6.07, 6.45) is 1.76. The van der Waals surface area contributed by atoms with Crippen LogP contribution in [0.4, 0.5) is 5.82 Å². The molecule has 0 aliphatic heterocycles. The van der Waals surface area contributed by atoms with E-state index in [4.69, 9.17) is 9.84 Å². The lowest BCUT2D eigenvalue weighted by Crippen LogP contribution is -2.15. The number of nitrogens with one attached hydrogen (secondary N) is 1. The van der Waals surface area contributed by atoms with Crippen LogP contribution < -0.4 is 5.32 Å². The van der Waals surface area contributed by atoms with Crippen LogP contribution in [0.3, 0.4) is 0 Å². The standard InChI is InChI=1S/C15H17N3O4/c1-10(9-22-2)18-8-7-13(17-18)16-14(19)11-3-5-12(6-4-11)15(20)21/h3-8,10H,9H2,1-2H3,(H,20,21)(H,16,17,19)/t10-/m1/s1. The summed E-state index contributed by atoms with van der Waals surface area (Å²) >= 11 is 0. The van der Waals surface area contributed by atoms with Crippen molar-refractivity contribution in [2.45, 2.75) is 13.0 Å². The van der Waals surface area contributed by atoms with Crippen LogP contribution in [0.2, 0.25) is 0 Å². The number of carboxylic acid groups (broad SMARTS) is 1. The summed E-state index contributed by atoms with van der Waals surface area (Å²) in [5.74, 6) is -0.949. The number of aromatic carboxylic acids is 1. The number of rotatable bonds is 6. The minimum Gasteiger partial charge on any atom is -0.478 e. The number of hydrogen-bond acceptors (Lipinski definition) is 4. The monoisotopic (exact) mass is 303 g/mol. The van der Waals surface area contributed by atoms with E-state index in [0.717, 1.165) is 0 Å². The second-order valence-corrected chi connectivity index (χ2v) is 4.82. The molecule has 0 saturated carbocycles. The Kier molecular flexibility index (Phi) is 4.90. The van der Waals surface area contributed by atoms with E-state index in [2.05, 4.69) is 10.4 Å². The molecule has 0 unspecified atom stereocenters. The van der Waals surface area contributed by atoms with Crippen LogP contribution in [-0.2, 0) is 4.74 Å². The zero-order chi connectivity index (χ0) is 16.1. The van der Waals surface area contributed by atoms with Gasteiger partial charge < -0.3 is 15.2 Å². The van der Waals surface area contributed by atoms with Gasteiger partial charge in [0.15, 0.2) is 5.82 Å². The normalized spacial score (nSPS) is 11.9. The molecule has 7 nitrogen and oxygen atoms in total. The van der Waals surface area contributed by atoms with Crippen molar-refractivity contribution in [3.8, 4) is 0 Å². The Hall–Kier alpha value is -2.67. The Balaban J connectivity index is 2.04. The van der Waals surface area contributed by atoms with Gasteiger partial charge in [-0.1, -0.05) is 0 Å². The number of anilines is 1. The van der Waals surface area contributed by atoms with Gasteiger partial charge in [0.25, 0.3) is 5.91 Å². The summed E-state index contributed by atoms with van der Waals surface area (Å²) < 4.78 is 6.75. The summed E-state index contributed by atoms with van der Waals surface area (Å²) in [6.45, 7) is 2.47. The molecule has 1 aromatic carbocycles. The zero-order valence-corrected chi connectivity index (χ0v) is 12.3. The number of hydrogen-bond donors (Lipinski definition) is 2. The molecule has 1 aromatic heterocycles. The van der Waals surface area contributed by atoms with Gasteiger partial charge in [0.2, 0.25) is 0 Å². The van der Waals surface area contributed by atoms with Crippen molar-refractivity contribution in [1.82, 2.24) is 9.78 Å². The number of methoxy groups -OCH3 is 1. The fourth-order valence-electron chi connectivity index (χ4n) is 1.92. The molecule has 0 bridgehead atoms. The number of carbonyl (C=O) groups is 2. The van der Waals surface area contributed by atoms with Gasteiger partial charge in [-0.2, -0.15) is 5.10 Å². The first kappa shape index (κ1) is 15.7. The van der Waals surface area contributed by atoms with Gasteiger partial charge in [-0.15, -0.1) is 0 Å². The highest BCUT2D eigenvalue weighted by molar-refractivity contribution is 6.04. The molecule has 1 heterocycles. The smallest absolute Gasteiger partial charge is 0.335 e. The van der Waals surface area contributed by atoms with Crippen molar-refractivity contribution in [3.05, 3.63) is 47.7 Å². The van der Waals surface area contributed by atoms with Crippen LogP contribution in [0, 0.1) is 0 Å². The SMILES string of the molecule is COC[C@@H](C)n1ccc(NC(=O)c2ccc(C(=O)O)cc2)n1. The fourth-order valence-corrected chi connectivity index (χ4v) is 1.92. The lowest BCUT2D eigenvalue weighted by molar-refractivity contribution is 0.0696. The molecule has 0 spiro atoms. The molecule has 1 amide bonds. The number of benzene rings is 1. The predicted octanol–water partition coefficient (Wildman–Crippen LogP) is 2.04. The molecule has 2 rings (SSSR count). The fraction of sp³-hybridized carbons (Fsp3) is 0.267. The van der Waals surface area contributed by atoms with Crippen molar-refractivity contribution < 1.29 is 19.4 Å². The first-order valence-electron chi connectivity index (χ1n) is 6.70. The summed E-state index contributed by atoms with van der Waals surface area (Å²) in [5, 5.41) is 15.7. The Morgan fingerprint density at radius 2 is 1.91 bits per heavy atom. The number of amides is 1. The van der Waals surface area contributed by atoms with Gasteiger partial charge >= 0.3 is 5.97 Å². The number of aromatic nitrogens is 2. The first-order valence-corrected chi connectivity index (χ1v) is 6.70. The molecular formula is C15H17N3O4. The van der Waals surface area contributed by atoms with Crippen LogP contribution in [0.5, 0.6) is 0 Å². The zero-order valence-electron chi connectivity index (χ0n) is 12.3. The van der Waals surface area contributed by atoms with Gasteiger partial charge in [-0.3, -0.25) is 9.48 Å². The summed E-state index contributed by atoms with van der Waals surface area (Å²) in [7, 11) is 1.61. The Labute approximate surface area is 127 Å². The summed E-state index contributed by atoms with van der Waals surface area (Å²) in [5.41, 5.74) is 0.499. The number of carbonyl (C=O) groups excluding carboxylic acids is 1. The molecule has 2 N–H and O–H groups in total. The van der Waals surface area contributed by atoms with E-state index < -0.39 is 5.97 Å². The lowest BCUT2D eigenvalue weighted by Gasteiger charge is -2.10. The quantitative estimate of drug-likeness (QED) is 0.851. The number of ether oxygens (including phenoxy) is 1. The Morgan fingerprint density at radius 1 is 1.27 bits per heavy atom. The van der Waals surface area contributed by atoms with Crippen molar-refractivity contribution in [2.75, 3.05) is 19.0 Å². The van der Waals surface area contributed by atoms with E-state index in [0.29, 0.717) is 18.0 Å². The average Bonchev–Trinajstić information content (AvgIpc) is 2.96. The van der Waals surface area contributed by atoms with Gasteiger partial charge in [-0.05, 0) is 31.2 Å². The predicted molar refractivity (Wildman–Crippen MR) is 80.2 cm³/mol. The van der Waals surface area contributed by atoms with Crippen molar-refractivity contribution >= 4 is 17.7 Å². The maximum atomic E-state index is 12.1. The highest BCUT2D eigenvalue weighted by Crippen LogP contribution is 2.11. The molecule has 2 aromatic rings. The molecule has 0 aliphatic carbocycles. The molecular weight excluding hydrogens is 286 g/mol. The van der Waals surface area contributed by atoms with Gasteiger partial charge in [0.05, 0.1) is 18.2 Å². The molecule has 22 heavy (non-hydrogen) atoms.